The van der Waals surface area contributed by atoms with Gasteiger partial charge in [-0.25, -0.2) is 9.78 Å². The van der Waals surface area contributed by atoms with Gasteiger partial charge in [-0.3, -0.25) is 5.10 Å². The minimum absolute atomic E-state index is 0.299. The van der Waals surface area contributed by atoms with Gasteiger partial charge in [0.2, 0.25) is 0 Å². The van der Waals surface area contributed by atoms with Gasteiger partial charge in [-0.05, 0) is 32.3 Å². The van der Waals surface area contributed by atoms with E-state index in [0.717, 1.165) is 25.1 Å². The third-order valence-corrected chi connectivity index (χ3v) is 3.93. The van der Waals surface area contributed by atoms with Gasteiger partial charge in [-0.15, -0.1) is 0 Å². The van der Waals surface area contributed by atoms with E-state index < -0.39 is 5.97 Å². The highest BCUT2D eigenvalue weighted by atomic mass is 32.1. The van der Waals surface area contributed by atoms with Gasteiger partial charge in [0.25, 0.3) is 0 Å². The van der Waals surface area contributed by atoms with Crippen LogP contribution in [0, 0.1) is 13.8 Å². The maximum atomic E-state index is 10.9. The van der Waals surface area contributed by atoms with Gasteiger partial charge < -0.3 is 10.4 Å². The van der Waals surface area contributed by atoms with Gasteiger partial charge in [0, 0.05) is 12.2 Å². The molecule has 7 heteroatoms. The van der Waals surface area contributed by atoms with Crippen molar-refractivity contribution in [3.8, 4) is 0 Å². The van der Waals surface area contributed by atoms with E-state index in [1.165, 1.54) is 16.9 Å². The highest BCUT2D eigenvalue weighted by Gasteiger charge is 2.13. The zero-order chi connectivity index (χ0) is 13.8. The second kappa shape index (κ2) is 5.83. The SMILES string of the molecule is Cc1nc(NCCCc2cn[nH]c2C)sc1C(=O)O. The highest BCUT2D eigenvalue weighted by Crippen LogP contribution is 2.22. The summed E-state index contributed by atoms with van der Waals surface area (Å²) in [7, 11) is 0. The van der Waals surface area contributed by atoms with Crippen molar-refractivity contribution >= 4 is 22.4 Å². The number of nitrogens with zero attached hydrogens (tertiary/aromatic N) is 2. The van der Waals surface area contributed by atoms with E-state index in [-0.39, 0.29) is 0 Å². The third-order valence-electron chi connectivity index (χ3n) is 2.82. The van der Waals surface area contributed by atoms with Crippen LogP contribution < -0.4 is 5.32 Å². The van der Waals surface area contributed by atoms with Crippen molar-refractivity contribution in [2.45, 2.75) is 26.7 Å². The lowest BCUT2D eigenvalue weighted by Crippen LogP contribution is -2.02. The fraction of sp³-hybridized carbons (Fsp3) is 0.417. The summed E-state index contributed by atoms with van der Waals surface area (Å²) in [6.07, 6.45) is 3.72. The molecule has 2 rings (SSSR count). The van der Waals surface area contributed by atoms with Crippen molar-refractivity contribution in [2.24, 2.45) is 0 Å². The number of aryl methyl sites for hydroxylation is 3. The Hall–Kier alpha value is -1.89. The number of carboxylic acids is 1. The predicted molar refractivity (Wildman–Crippen MR) is 73.9 cm³/mol. The summed E-state index contributed by atoms with van der Waals surface area (Å²) < 4.78 is 0. The van der Waals surface area contributed by atoms with Crippen LogP contribution in [0.4, 0.5) is 5.13 Å². The smallest absolute Gasteiger partial charge is 0.347 e. The lowest BCUT2D eigenvalue weighted by atomic mass is 10.1. The van der Waals surface area contributed by atoms with Gasteiger partial charge in [0.15, 0.2) is 5.13 Å². The highest BCUT2D eigenvalue weighted by molar-refractivity contribution is 7.17. The largest absolute Gasteiger partial charge is 0.477 e. The second-order valence-electron chi connectivity index (χ2n) is 4.29. The van der Waals surface area contributed by atoms with Crippen molar-refractivity contribution in [2.75, 3.05) is 11.9 Å². The Balaban J connectivity index is 1.81. The molecule has 0 bridgehead atoms. The first-order valence-electron chi connectivity index (χ1n) is 6.01. The maximum Gasteiger partial charge on any atom is 0.347 e. The summed E-state index contributed by atoms with van der Waals surface area (Å²) in [5, 5.41) is 19.6. The van der Waals surface area contributed by atoms with Crippen LogP contribution in [0.3, 0.4) is 0 Å². The van der Waals surface area contributed by atoms with E-state index in [9.17, 15) is 4.79 Å². The summed E-state index contributed by atoms with van der Waals surface area (Å²) in [4.78, 5) is 15.4. The predicted octanol–water partition coefficient (Wildman–Crippen LogP) is 2.23. The maximum absolute atomic E-state index is 10.9. The Morgan fingerprint density at radius 1 is 1.53 bits per heavy atom. The first-order chi connectivity index (χ1) is 9.08. The first-order valence-corrected chi connectivity index (χ1v) is 6.83. The van der Waals surface area contributed by atoms with Gasteiger partial charge in [0.05, 0.1) is 11.9 Å². The lowest BCUT2D eigenvalue weighted by Gasteiger charge is -2.01. The van der Waals surface area contributed by atoms with Crippen molar-refractivity contribution < 1.29 is 9.90 Å². The van der Waals surface area contributed by atoms with Crippen molar-refractivity contribution in [3.05, 3.63) is 28.0 Å². The summed E-state index contributed by atoms with van der Waals surface area (Å²) in [5.41, 5.74) is 2.87. The molecule has 19 heavy (non-hydrogen) atoms. The van der Waals surface area contributed by atoms with E-state index in [0.29, 0.717) is 15.7 Å². The Bertz CT molecular complexity index is 576. The fourth-order valence-electron chi connectivity index (χ4n) is 1.77. The van der Waals surface area contributed by atoms with Crippen LogP contribution in [-0.2, 0) is 6.42 Å². The molecule has 0 aliphatic carbocycles. The van der Waals surface area contributed by atoms with Crippen LogP contribution in [0.25, 0.3) is 0 Å². The van der Waals surface area contributed by atoms with Crippen LogP contribution in [-0.4, -0.2) is 32.8 Å². The van der Waals surface area contributed by atoms with Crippen molar-refractivity contribution in [1.29, 1.82) is 0 Å². The van der Waals surface area contributed by atoms with Gasteiger partial charge in [-0.1, -0.05) is 11.3 Å². The quantitative estimate of drug-likeness (QED) is 0.706. The summed E-state index contributed by atoms with van der Waals surface area (Å²) in [6, 6.07) is 0. The normalized spacial score (nSPS) is 10.6. The molecule has 0 aliphatic rings. The standard InChI is InChI=1S/C12H16N4O2S/c1-7-9(6-14-16-7)4-3-5-13-12-15-8(2)10(19-12)11(17)18/h6H,3-5H2,1-2H3,(H,13,15)(H,14,16)(H,17,18). The molecule has 0 unspecified atom stereocenters. The van der Waals surface area contributed by atoms with Crippen molar-refractivity contribution in [1.82, 2.24) is 15.2 Å². The molecule has 2 heterocycles. The molecule has 0 saturated carbocycles. The van der Waals surface area contributed by atoms with Crippen LogP contribution in [0.2, 0.25) is 0 Å². The number of H-pyrrole nitrogens is 1. The number of aromatic amines is 1. The average Bonchev–Trinajstić information content (AvgIpc) is 2.91. The molecule has 0 spiro atoms. The number of hydrogen-bond donors (Lipinski definition) is 3. The number of nitrogens with one attached hydrogen (secondary N) is 2. The number of carbonyl (C=O) groups is 1. The number of aromatic carboxylic acids is 1. The van der Waals surface area contributed by atoms with Gasteiger partial charge >= 0.3 is 5.97 Å². The van der Waals surface area contributed by atoms with Crippen LogP contribution in [0.1, 0.15) is 33.0 Å². The molecule has 0 radical (unpaired) electrons. The summed E-state index contributed by atoms with van der Waals surface area (Å²) in [6.45, 7) is 4.47. The molecule has 2 aromatic heterocycles. The lowest BCUT2D eigenvalue weighted by molar-refractivity contribution is 0.0701. The van der Waals surface area contributed by atoms with Crippen LogP contribution >= 0.6 is 11.3 Å². The second-order valence-corrected chi connectivity index (χ2v) is 5.29. The minimum Gasteiger partial charge on any atom is -0.477 e. The molecule has 0 amide bonds. The minimum atomic E-state index is -0.919. The Labute approximate surface area is 114 Å². The molecule has 0 aliphatic heterocycles. The van der Waals surface area contributed by atoms with E-state index >= 15 is 0 Å². The van der Waals surface area contributed by atoms with Crippen LogP contribution in [0.15, 0.2) is 6.20 Å². The number of carboxylic acid groups (broad SMARTS) is 1. The monoisotopic (exact) mass is 280 g/mol. The van der Waals surface area contributed by atoms with Crippen LogP contribution in [0.5, 0.6) is 0 Å². The Kier molecular flexibility index (Phi) is 4.16. The molecular weight excluding hydrogens is 264 g/mol. The molecule has 102 valence electrons. The summed E-state index contributed by atoms with van der Waals surface area (Å²) in [5.74, 6) is -0.919. The Morgan fingerprint density at radius 3 is 2.89 bits per heavy atom. The molecule has 0 aromatic carbocycles. The first kappa shape index (κ1) is 13.5. The van der Waals surface area contributed by atoms with E-state index in [1.807, 2.05) is 13.1 Å². The average molecular weight is 280 g/mol. The molecule has 0 saturated heterocycles. The summed E-state index contributed by atoms with van der Waals surface area (Å²) >= 11 is 1.18. The zero-order valence-electron chi connectivity index (χ0n) is 10.9. The van der Waals surface area contributed by atoms with Gasteiger partial charge in [0.1, 0.15) is 4.88 Å². The molecule has 2 aromatic rings. The Morgan fingerprint density at radius 2 is 2.32 bits per heavy atom. The fourth-order valence-corrected chi connectivity index (χ4v) is 2.60. The molecule has 0 atom stereocenters. The van der Waals surface area contributed by atoms with E-state index in [4.69, 9.17) is 5.11 Å². The number of rotatable bonds is 6. The zero-order valence-corrected chi connectivity index (χ0v) is 11.7. The number of anilines is 1. The topological polar surface area (TPSA) is 90.9 Å². The molecule has 3 N–H and O–H groups in total. The van der Waals surface area contributed by atoms with Crippen molar-refractivity contribution in [3.63, 3.8) is 0 Å². The number of aromatic nitrogens is 3. The number of thiazole rings is 1. The number of hydrogen-bond acceptors (Lipinski definition) is 5. The molecule has 0 fully saturated rings. The van der Waals surface area contributed by atoms with Gasteiger partial charge in [-0.2, -0.15) is 5.10 Å². The third kappa shape index (κ3) is 3.31. The molecular formula is C12H16N4O2S. The van der Waals surface area contributed by atoms with E-state index in [2.05, 4.69) is 20.5 Å². The molecule has 6 nitrogen and oxygen atoms in total. The van der Waals surface area contributed by atoms with E-state index in [1.54, 1.807) is 6.92 Å².